The molecular weight excluding hydrogens is 403 g/mol. The van der Waals surface area contributed by atoms with E-state index < -0.39 is 7.82 Å². The van der Waals surface area contributed by atoms with Gasteiger partial charge < -0.3 is 9.05 Å². The fourth-order valence-electron chi connectivity index (χ4n) is 2.07. The Hall–Kier alpha value is -2.07. The van der Waals surface area contributed by atoms with Gasteiger partial charge in [0.05, 0.1) is 6.61 Å². The summed E-state index contributed by atoms with van der Waals surface area (Å²) in [5.41, 5.74) is 0.850. The van der Waals surface area contributed by atoms with Crippen molar-refractivity contribution < 1.29 is 18.1 Å². The van der Waals surface area contributed by atoms with Crippen molar-refractivity contribution in [3.8, 4) is 11.5 Å². The third-order valence-corrected chi connectivity index (χ3v) is 5.01. The van der Waals surface area contributed by atoms with E-state index in [0.717, 1.165) is 10.0 Å². The summed E-state index contributed by atoms with van der Waals surface area (Å²) < 4.78 is 30.7. The number of phosphoric ester groups is 1. The highest BCUT2D eigenvalue weighted by Crippen LogP contribution is 2.50. The topological polar surface area (TPSA) is 44.8 Å². The molecule has 3 aromatic carbocycles. The average Bonchev–Trinajstić information content (AvgIpc) is 2.62. The SMILES string of the molecule is O=P(OCc1cccc(Br)c1)(Oc1ccccc1)Oc1ccccc1. The van der Waals surface area contributed by atoms with Gasteiger partial charge in [0, 0.05) is 4.47 Å². The molecule has 3 aromatic rings. The van der Waals surface area contributed by atoms with Crippen molar-refractivity contribution in [2.75, 3.05) is 0 Å². The molecule has 0 aromatic heterocycles. The molecule has 0 heterocycles. The number of hydrogen-bond donors (Lipinski definition) is 0. The third kappa shape index (κ3) is 5.46. The maximum absolute atomic E-state index is 13.1. The van der Waals surface area contributed by atoms with Gasteiger partial charge in [-0.05, 0) is 42.0 Å². The van der Waals surface area contributed by atoms with Crippen LogP contribution in [0.2, 0.25) is 0 Å². The first-order valence-corrected chi connectivity index (χ1v) is 9.87. The van der Waals surface area contributed by atoms with Crippen LogP contribution < -0.4 is 9.05 Å². The van der Waals surface area contributed by atoms with Crippen LogP contribution in [0.5, 0.6) is 11.5 Å². The van der Waals surface area contributed by atoms with E-state index in [0.29, 0.717) is 11.5 Å². The van der Waals surface area contributed by atoms with Gasteiger partial charge in [-0.25, -0.2) is 4.57 Å². The van der Waals surface area contributed by atoms with Crippen LogP contribution in [0.1, 0.15) is 5.56 Å². The van der Waals surface area contributed by atoms with Gasteiger partial charge >= 0.3 is 7.82 Å². The molecule has 0 radical (unpaired) electrons. The first-order valence-electron chi connectivity index (χ1n) is 7.61. The third-order valence-electron chi connectivity index (χ3n) is 3.20. The molecule has 25 heavy (non-hydrogen) atoms. The van der Waals surface area contributed by atoms with Gasteiger partial charge in [0.1, 0.15) is 11.5 Å². The predicted octanol–water partition coefficient (Wildman–Crippen LogP) is 6.23. The number of benzene rings is 3. The van der Waals surface area contributed by atoms with E-state index in [9.17, 15) is 4.57 Å². The monoisotopic (exact) mass is 418 g/mol. The highest BCUT2D eigenvalue weighted by molar-refractivity contribution is 9.10. The predicted molar refractivity (Wildman–Crippen MR) is 101 cm³/mol. The van der Waals surface area contributed by atoms with Crippen molar-refractivity contribution in [2.24, 2.45) is 0 Å². The highest BCUT2D eigenvalue weighted by Gasteiger charge is 2.31. The maximum atomic E-state index is 13.1. The van der Waals surface area contributed by atoms with Crippen molar-refractivity contribution >= 4 is 23.8 Å². The van der Waals surface area contributed by atoms with Gasteiger partial charge in [0.15, 0.2) is 0 Å². The van der Waals surface area contributed by atoms with Crippen LogP contribution in [0.3, 0.4) is 0 Å². The second-order valence-electron chi connectivity index (χ2n) is 5.16. The van der Waals surface area contributed by atoms with E-state index in [2.05, 4.69) is 15.9 Å². The zero-order valence-electron chi connectivity index (χ0n) is 13.2. The Labute approximate surface area is 155 Å². The van der Waals surface area contributed by atoms with Crippen LogP contribution >= 0.6 is 23.8 Å². The van der Waals surface area contributed by atoms with E-state index in [1.165, 1.54) is 0 Å². The Morgan fingerprint density at radius 3 is 1.84 bits per heavy atom. The van der Waals surface area contributed by atoms with Crippen LogP contribution in [0.4, 0.5) is 0 Å². The summed E-state index contributed by atoms with van der Waals surface area (Å²) in [5, 5.41) is 0. The molecule has 0 unspecified atom stereocenters. The Morgan fingerprint density at radius 2 is 1.32 bits per heavy atom. The Morgan fingerprint density at radius 1 is 0.760 bits per heavy atom. The van der Waals surface area contributed by atoms with Crippen molar-refractivity contribution in [3.63, 3.8) is 0 Å². The summed E-state index contributed by atoms with van der Waals surface area (Å²) in [6, 6.07) is 25.2. The van der Waals surface area contributed by atoms with E-state index in [1.54, 1.807) is 48.5 Å². The second-order valence-corrected chi connectivity index (χ2v) is 7.59. The molecule has 0 aliphatic heterocycles. The van der Waals surface area contributed by atoms with E-state index in [-0.39, 0.29) is 6.61 Å². The summed E-state index contributed by atoms with van der Waals surface area (Å²) in [6.45, 7) is 0.0936. The van der Waals surface area contributed by atoms with E-state index in [1.807, 2.05) is 36.4 Å². The molecule has 0 amide bonds. The zero-order chi connectivity index (χ0) is 17.5. The van der Waals surface area contributed by atoms with Crippen LogP contribution in [-0.4, -0.2) is 0 Å². The minimum absolute atomic E-state index is 0.0936. The van der Waals surface area contributed by atoms with Crippen molar-refractivity contribution in [1.29, 1.82) is 0 Å². The van der Waals surface area contributed by atoms with E-state index >= 15 is 0 Å². The lowest BCUT2D eigenvalue weighted by atomic mass is 10.2. The molecule has 0 N–H and O–H groups in total. The molecule has 0 spiro atoms. The fourth-order valence-corrected chi connectivity index (χ4v) is 3.73. The molecule has 0 bridgehead atoms. The lowest BCUT2D eigenvalue weighted by Crippen LogP contribution is -2.05. The Balaban J connectivity index is 1.79. The molecule has 0 saturated carbocycles. The largest absolute Gasteiger partial charge is 0.587 e. The summed E-state index contributed by atoms with van der Waals surface area (Å²) in [4.78, 5) is 0. The summed E-state index contributed by atoms with van der Waals surface area (Å²) in [6.07, 6.45) is 0. The fraction of sp³-hybridized carbons (Fsp3) is 0.0526. The first kappa shape index (κ1) is 17.7. The maximum Gasteiger partial charge on any atom is 0.587 e. The number of hydrogen-bond acceptors (Lipinski definition) is 4. The quantitative estimate of drug-likeness (QED) is 0.426. The van der Waals surface area contributed by atoms with Crippen molar-refractivity contribution in [3.05, 3.63) is 95.0 Å². The number of rotatable bonds is 7. The lowest BCUT2D eigenvalue weighted by molar-refractivity contribution is 0.201. The van der Waals surface area contributed by atoms with Gasteiger partial charge in [0.25, 0.3) is 0 Å². The Kier molecular flexibility index (Phi) is 5.92. The minimum Gasteiger partial charge on any atom is -0.395 e. The minimum atomic E-state index is -3.86. The molecule has 0 fully saturated rings. The van der Waals surface area contributed by atoms with Crippen LogP contribution in [0.15, 0.2) is 89.4 Å². The lowest BCUT2D eigenvalue weighted by Gasteiger charge is -2.19. The van der Waals surface area contributed by atoms with Gasteiger partial charge in [-0.2, -0.15) is 0 Å². The molecule has 0 atom stereocenters. The van der Waals surface area contributed by atoms with Gasteiger partial charge in [-0.3, -0.25) is 4.52 Å². The second kappa shape index (κ2) is 8.34. The number of para-hydroxylation sites is 2. The summed E-state index contributed by atoms with van der Waals surface area (Å²) in [7, 11) is -3.86. The van der Waals surface area contributed by atoms with Gasteiger partial charge in [-0.1, -0.05) is 64.5 Å². The van der Waals surface area contributed by atoms with Gasteiger partial charge in [-0.15, -0.1) is 0 Å². The highest BCUT2D eigenvalue weighted by atomic mass is 79.9. The molecule has 6 heteroatoms. The number of phosphoric acid groups is 1. The average molecular weight is 419 g/mol. The smallest absolute Gasteiger partial charge is 0.395 e. The zero-order valence-corrected chi connectivity index (χ0v) is 15.7. The van der Waals surface area contributed by atoms with Crippen molar-refractivity contribution in [1.82, 2.24) is 0 Å². The molecule has 4 nitrogen and oxygen atoms in total. The number of halogens is 1. The summed E-state index contributed by atoms with van der Waals surface area (Å²) >= 11 is 3.40. The molecule has 3 rings (SSSR count). The summed E-state index contributed by atoms with van der Waals surface area (Å²) in [5.74, 6) is 0.826. The Bertz CT molecular complexity index is 810. The first-order chi connectivity index (χ1) is 12.1. The molecule has 128 valence electrons. The standard InChI is InChI=1S/C19H16BrO4P/c20-17-9-7-8-16(14-17)15-22-25(21,23-18-10-3-1-4-11-18)24-19-12-5-2-6-13-19/h1-14H,15H2. The molecule has 0 aliphatic rings. The van der Waals surface area contributed by atoms with Crippen molar-refractivity contribution in [2.45, 2.75) is 6.61 Å². The van der Waals surface area contributed by atoms with Gasteiger partial charge in [0.2, 0.25) is 0 Å². The molecule has 0 saturated heterocycles. The normalized spacial score (nSPS) is 11.1. The van der Waals surface area contributed by atoms with Crippen LogP contribution in [0.25, 0.3) is 0 Å². The molecular formula is C19H16BrO4P. The van der Waals surface area contributed by atoms with Crippen LogP contribution in [-0.2, 0) is 15.7 Å². The molecule has 0 aliphatic carbocycles. The van der Waals surface area contributed by atoms with Crippen LogP contribution in [0, 0.1) is 0 Å². The van der Waals surface area contributed by atoms with E-state index in [4.69, 9.17) is 13.6 Å².